The zero-order chi connectivity index (χ0) is 13.1. The van der Waals surface area contributed by atoms with Gasteiger partial charge < -0.3 is 5.32 Å². The van der Waals surface area contributed by atoms with E-state index in [4.69, 9.17) is 0 Å². The van der Waals surface area contributed by atoms with Gasteiger partial charge in [-0.25, -0.2) is 4.98 Å². The monoisotopic (exact) mass is 268 g/mol. The highest BCUT2D eigenvalue weighted by molar-refractivity contribution is 7.22. The summed E-state index contributed by atoms with van der Waals surface area (Å²) < 4.78 is 1.25. The fourth-order valence-electron chi connectivity index (χ4n) is 2.14. The fraction of sp³-hybridized carbons (Fsp3) is 0.188. The summed E-state index contributed by atoms with van der Waals surface area (Å²) in [4.78, 5) is 4.56. The third-order valence-electron chi connectivity index (χ3n) is 3.03. The van der Waals surface area contributed by atoms with Crippen molar-refractivity contribution < 1.29 is 0 Å². The highest BCUT2D eigenvalue weighted by Gasteiger charge is 2.04. The Kier molecular flexibility index (Phi) is 3.47. The maximum atomic E-state index is 4.56. The Hall–Kier alpha value is -1.87. The second-order valence-corrected chi connectivity index (χ2v) is 5.54. The van der Waals surface area contributed by atoms with Crippen LogP contribution in [0.2, 0.25) is 0 Å². The van der Waals surface area contributed by atoms with Crippen LogP contribution in [0.25, 0.3) is 10.2 Å². The SMILES string of the molecule is CCNc1nc2ccc(Cc3ccccc3)cc2s1. The van der Waals surface area contributed by atoms with Crippen LogP contribution < -0.4 is 5.32 Å². The van der Waals surface area contributed by atoms with E-state index in [-0.39, 0.29) is 0 Å². The molecule has 0 saturated carbocycles. The molecule has 0 aliphatic rings. The molecule has 0 saturated heterocycles. The molecule has 0 spiro atoms. The number of fused-ring (bicyclic) bond motifs is 1. The molecule has 3 rings (SSSR count). The normalized spacial score (nSPS) is 10.8. The van der Waals surface area contributed by atoms with Crippen molar-refractivity contribution in [3.63, 3.8) is 0 Å². The molecule has 3 heteroatoms. The Morgan fingerprint density at radius 3 is 2.68 bits per heavy atom. The molecule has 1 N–H and O–H groups in total. The van der Waals surface area contributed by atoms with Crippen LogP contribution in [0.15, 0.2) is 48.5 Å². The largest absolute Gasteiger partial charge is 0.362 e. The average molecular weight is 268 g/mol. The number of hydrogen-bond acceptors (Lipinski definition) is 3. The van der Waals surface area contributed by atoms with Crippen LogP contribution >= 0.6 is 11.3 Å². The molecule has 96 valence electrons. The van der Waals surface area contributed by atoms with Gasteiger partial charge in [-0.15, -0.1) is 0 Å². The first kappa shape index (κ1) is 12.2. The highest BCUT2D eigenvalue weighted by atomic mass is 32.1. The summed E-state index contributed by atoms with van der Waals surface area (Å²) >= 11 is 1.72. The van der Waals surface area contributed by atoms with Gasteiger partial charge in [0.1, 0.15) is 0 Å². The molecule has 2 aromatic carbocycles. The molecule has 1 aromatic heterocycles. The number of anilines is 1. The van der Waals surface area contributed by atoms with Crippen molar-refractivity contribution in [1.82, 2.24) is 4.98 Å². The summed E-state index contributed by atoms with van der Waals surface area (Å²) in [5, 5.41) is 4.28. The van der Waals surface area contributed by atoms with E-state index in [1.807, 2.05) is 0 Å². The van der Waals surface area contributed by atoms with Gasteiger partial charge in [0.05, 0.1) is 10.2 Å². The van der Waals surface area contributed by atoms with Gasteiger partial charge in [0.25, 0.3) is 0 Å². The Morgan fingerprint density at radius 1 is 1.05 bits per heavy atom. The first-order valence-electron chi connectivity index (χ1n) is 6.52. The van der Waals surface area contributed by atoms with Crippen LogP contribution in [0.3, 0.4) is 0 Å². The van der Waals surface area contributed by atoms with Crippen LogP contribution in [0.1, 0.15) is 18.1 Å². The fourth-order valence-corrected chi connectivity index (χ4v) is 3.13. The molecular formula is C16H16N2S. The van der Waals surface area contributed by atoms with Crippen LogP contribution in [-0.4, -0.2) is 11.5 Å². The van der Waals surface area contributed by atoms with E-state index < -0.39 is 0 Å². The zero-order valence-corrected chi connectivity index (χ0v) is 11.7. The summed E-state index contributed by atoms with van der Waals surface area (Å²) in [5.74, 6) is 0. The van der Waals surface area contributed by atoms with Crippen LogP contribution in [0.5, 0.6) is 0 Å². The van der Waals surface area contributed by atoms with Gasteiger partial charge in [0.2, 0.25) is 0 Å². The maximum absolute atomic E-state index is 4.56. The van der Waals surface area contributed by atoms with Gasteiger partial charge in [-0.1, -0.05) is 47.7 Å². The van der Waals surface area contributed by atoms with Gasteiger partial charge in [0.15, 0.2) is 5.13 Å². The van der Waals surface area contributed by atoms with Crippen molar-refractivity contribution in [2.24, 2.45) is 0 Å². The van der Waals surface area contributed by atoms with Gasteiger partial charge >= 0.3 is 0 Å². The topological polar surface area (TPSA) is 24.9 Å². The van der Waals surface area contributed by atoms with E-state index >= 15 is 0 Å². The number of nitrogens with zero attached hydrogens (tertiary/aromatic N) is 1. The minimum Gasteiger partial charge on any atom is -0.362 e. The molecule has 0 amide bonds. The van der Waals surface area contributed by atoms with Gasteiger partial charge in [-0.2, -0.15) is 0 Å². The Balaban J connectivity index is 1.88. The van der Waals surface area contributed by atoms with E-state index in [1.165, 1.54) is 15.8 Å². The quantitative estimate of drug-likeness (QED) is 0.762. The molecule has 0 fully saturated rings. The molecule has 0 aliphatic carbocycles. The first-order valence-corrected chi connectivity index (χ1v) is 7.34. The second-order valence-electron chi connectivity index (χ2n) is 4.51. The molecule has 0 bridgehead atoms. The number of hydrogen-bond donors (Lipinski definition) is 1. The first-order chi connectivity index (χ1) is 9.35. The summed E-state index contributed by atoms with van der Waals surface area (Å²) in [5.41, 5.74) is 3.77. The Labute approximate surface area is 117 Å². The maximum Gasteiger partial charge on any atom is 0.183 e. The van der Waals surface area contributed by atoms with Crippen molar-refractivity contribution in [2.45, 2.75) is 13.3 Å². The van der Waals surface area contributed by atoms with E-state index in [0.29, 0.717) is 0 Å². The average Bonchev–Trinajstić information content (AvgIpc) is 2.82. The van der Waals surface area contributed by atoms with Crippen molar-refractivity contribution in [2.75, 3.05) is 11.9 Å². The number of benzene rings is 2. The lowest BCUT2D eigenvalue weighted by Gasteiger charge is -2.01. The van der Waals surface area contributed by atoms with Crippen LogP contribution in [0, 0.1) is 0 Å². The standard InChI is InChI=1S/C16H16N2S/c1-2-17-16-18-14-9-8-13(11-15(14)19-16)10-12-6-4-3-5-7-12/h3-9,11H,2,10H2,1H3,(H,17,18). The van der Waals surface area contributed by atoms with Gasteiger partial charge in [0, 0.05) is 6.54 Å². The molecule has 0 atom stereocenters. The summed E-state index contributed by atoms with van der Waals surface area (Å²) in [6, 6.07) is 17.1. The van der Waals surface area contributed by atoms with Crippen molar-refractivity contribution in [3.05, 3.63) is 59.7 Å². The smallest absolute Gasteiger partial charge is 0.183 e. The third kappa shape index (κ3) is 2.76. The number of aromatic nitrogens is 1. The molecule has 19 heavy (non-hydrogen) atoms. The predicted octanol–water partition coefficient (Wildman–Crippen LogP) is 4.32. The number of rotatable bonds is 4. The Bertz CT molecular complexity index is 674. The zero-order valence-electron chi connectivity index (χ0n) is 10.9. The Morgan fingerprint density at radius 2 is 1.89 bits per heavy atom. The van der Waals surface area contributed by atoms with E-state index in [0.717, 1.165) is 23.6 Å². The van der Waals surface area contributed by atoms with Gasteiger partial charge in [-0.3, -0.25) is 0 Å². The molecule has 0 unspecified atom stereocenters. The molecule has 0 aliphatic heterocycles. The molecule has 3 aromatic rings. The van der Waals surface area contributed by atoms with E-state index in [2.05, 4.69) is 65.8 Å². The lowest BCUT2D eigenvalue weighted by Crippen LogP contribution is -1.94. The molecule has 2 nitrogen and oxygen atoms in total. The number of thiazole rings is 1. The molecule has 0 radical (unpaired) electrons. The summed E-state index contributed by atoms with van der Waals surface area (Å²) in [6.07, 6.45) is 0.977. The van der Waals surface area contributed by atoms with E-state index in [1.54, 1.807) is 11.3 Å². The van der Waals surface area contributed by atoms with Crippen molar-refractivity contribution >= 4 is 26.7 Å². The van der Waals surface area contributed by atoms with Crippen LogP contribution in [0.4, 0.5) is 5.13 Å². The van der Waals surface area contributed by atoms with Crippen molar-refractivity contribution in [3.8, 4) is 0 Å². The lowest BCUT2D eigenvalue weighted by molar-refractivity contribution is 1.19. The predicted molar refractivity (Wildman–Crippen MR) is 83.0 cm³/mol. The highest BCUT2D eigenvalue weighted by Crippen LogP contribution is 2.27. The van der Waals surface area contributed by atoms with Crippen LogP contribution in [-0.2, 0) is 6.42 Å². The minimum atomic E-state index is 0.913. The minimum absolute atomic E-state index is 0.913. The summed E-state index contributed by atoms with van der Waals surface area (Å²) in [6.45, 7) is 3.00. The van der Waals surface area contributed by atoms with Crippen molar-refractivity contribution in [1.29, 1.82) is 0 Å². The summed E-state index contributed by atoms with van der Waals surface area (Å²) in [7, 11) is 0. The molecule has 1 heterocycles. The van der Waals surface area contributed by atoms with E-state index in [9.17, 15) is 0 Å². The van der Waals surface area contributed by atoms with Gasteiger partial charge in [-0.05, 0) is 36.6 Å². The number of nitrogens with one attached hydrogen (secondary N) is 1. The third-order valence-corrected chi connectivity index (χ3v) is 4.01. The lowest BCUT2D eigenvalue weighted by atomic mass is 10.1. The second kappa shape index (κ2) is 5.41. The molecular weight excluding hydrogens is 252 g/mol.